The summed E-state index contributed by atoms with van der Waals surface area (Å²) in [7, 11) is 0. The molecule has 0 unspecified atom stereocenters. The molecule has 0 aliphatic rings. The SMILES string of the molecule is O=C(CSc1nnc(-c2ccc([N+](=O)[O-])cc2)o1)Nc1ccccc1Br. The van der Waals surface area contributed by atoms with Crippen molar-refractivity contribution in [2.45, 2.75) is 5.22 Å². The molecular weight excluding hydrogens is 424 g/mol. The van der Waals surface area contributed by atoms with Crippen molar-refractivity contribution in [2.75, 3.05) is 11.1 Å². The van der Waals surface area contributed by atoms with E-state index < -0.39 is 4.92 Å². The second kappa shape index (κ2) is 8.11. The smallest absolute Gasteiger partial charge is 0.277 e. The summed E-state index contributed by atoms with van der Waals surface area (Å²) in [5.41, 5.74) is 1.22. The predicted octanol–water partition coefficient (Wildman–Crippen LogP) is 4.14. The summed E-state index contributed by atoms with van der Waals surface area (Å²) in [6.07, 6.45) is 0. The predicted molar refractivity (Wildman–Crippen MR) is 99.9 cm³/mol. The van der Waals surface area contributed by atoms with Gasteiger partial charge in [0, 0.05) is 22.2 Å². The number of anilines is 1. The van der Waals surface area contributed by atoms with Gasteiger partial charge >= 0.3 is 0 Å². The molecule has 8 nitrogen and oxygen atoms in total. The van der Waals surface area contributed by atoms with Gasteiger partial charge in [-0.15, -0.1) is 10.2 Å². The topological polar surface area (TPSA) is 111 Å². The summed E-state index contributed by atoms with van der Waals surface area (Å²) in [5, 5.41) is 21.4. The first-order chi connectivity index (χ1) is 12.5. The number of thioether (sulfide) groups is 1. The second-order valence-corrected chi connectivity index (χ2v) is 6.77. The summed E-state index contributed by atoms with van der Waals surface area (Å²) >= 11 is 4.46. The van der Waals surface area contributed by atoms with Gasteiger partial charge in [0.1, 0.15) is 0 Å². The molecule has 0 saturated carbocycles. The van der Waals surface area contributed by atoms with E-state index in [1.165, 1.54) is 24.3 Å². The Morgan fingerprint density at radius 3 is 2.62 bits per heavy atom. The molecule has 1 heterocycles. The minimum atomic E-state index is -0.484. The number of aromatic nitrogens is 2. The van der Waals surface area contributed by atoms with Crippen molar-refractivity contribution in [3.05, 3.63) is 63.1 Å². The van der Waals surface area contributed by atoms with E-state index in [4.69, 9.17) is 4.42 Å². The fourth-order valence-electron chi connectivity index (χ4n) is 1.99. The lowest BCUT2D eigenvalue weighted by atomic mass is 10.2. The average molecular weight is 435 g/mol. The largest absolute Gasteiger partial charge is 0.411 e. The van der Waals surface area contributed by atoms with Crippen molar-refractivity contribution < 1.29 is 14.1 Å². The number of para-hydroxylation sites is 1. The zero-order valence-electron chi connectivity index (χ0n) is 13.1. The molecule has 0 aliphatic heterocycles. The fourth-order valence-corrected chi connectivity index (χ4v) is 2.93. The first kappa shape index (κ1) is 18.1. The Morgan fingerprint density at radius 1 is 1.19 bits per heavy atom. The summed E-state index contributed by atoms with van der Waals surface area (Å²) in [6, 6.07) is 13.1. The maximum Gasteiger partial charge on any atom is 0.277 e. The Hall–Kier alpha value is -2.72. The summed E-state index contributed by atoms with van der Waals surface area (Å²) in [5.74, 6) is 0.119. The van der Waals surface area contributed by atoms with Gasteiger partial charge in [0.15, 0.2) is 0 Å². The Morgan fingerprint density at radius 2 is 1.92 bits per heavy atom. The number of carbonyl (C=O) groups excluding carboxylic acids is 1. The number of hydrogen-bond donors (Lipinski definition) is 1. The van der Waals surface area contributed by atoms with E-state index in [9.17, 15) is 14.9 Å². The van der Waals surface area contributed by atoms with Gasteiger partial charge in [0.05, 0.1) is 16.4 Å². The molecule has 132 valence electrons. The molecule has 0 spiro atoms. The van der Waals surface area contributed by atoms with Crippen LogP contribution in [0.5, 0.6) is 0 Å². The van der Waals surface area contributed by atoms with E-state index in [2.05, 4.69) is 31.4 Å². The number of nitrogens with zero attached hydrogens (tertiary/aromatic N) is 3. The lowest BCUT2D eigenvalue weighted by molar-refractivity contribution is -0.384. The van der Waals surface area contributed by atoms with Crippen LogP contribution in [-0.2, 0) is 4.79 Å². The Kier molecular flexibility index (Phi) is 5.64. The highest BCUT2D eigenvalue weighted by atomic mass is 79.9. The van der Waals surface area contributed by atoms with Crippen LogP contribution in [0.25, 0.3) is 11.5 Å². The van der Waals surface area contributed by atoms with Crippen molar-refractivity contribution >= 4 is 45.0 Å². The summed E-state index contributed by atoms with van der Waals surface area (Å²) < 4.78 is 6.26. The van der Waals surface area contributed by atoms with Gasteiger partial charge in [-0.2, -0.15) is 0 Å². The molecule has 0 saturated heterocycles. The van der Waals surface area contributed by atoms with Crippen LogP contribution in [0, 0.1) is 10.1 Å². The monoisotopic (exact) mass is 434 g/mol. The number of amides is 1. The number of benzene rings is 2. The Bertz CT molecular complexity index is 945. The van der Waals surface area contributed by atoms with Gasteiger partial charge in [-0.3, -0.25) is 14.9 Å². The summed E-state index contributed by atoms with van der Waals surface area (Å²) in [6.45, 7) is 0. The first-order valence-electron chi connectivity index (χ1n) is 7.28. The van der Waals surface area contributed by atoms with Crippen molar-refractivity contribution in [3.63, 3.8) is 0 Å². The normalized spacial score (nSPS) is 10.5. The average Bonchev–Trinajstić information content (AvgIpc) is 3.11. The van der Waals surface area contributed by atoms with E-state index in [1.54, 1.807) is 6.07 Å². The van der Waals surface area contributed by atoms with Gasteiger partial charge in [-0.25, -0.2) is 0 Å². The number of nitro groups is 1. The van der Waals surface area contributed by atoms with Gasteiger partial charge in [0.25, 0.3) is 10.9 Å². The molecule has 3 rings (SSSR count). The highest BCUT2D eigenvalue weighted by molar-refractivity contribution is 9.10. The van der Waals surface area contributed by atoms with E-state index in [0.29, 0.717) is 11.3 Å². The van der Waals surface area contributed by atoms with Gasteiger partial charge in [-0.05, 0) is 40.2 Å². The van der Waals surface area contributed by atoms with Crippen molar-refractivity contribution in [3.8, 4) is 11.5 Å². The van der Waals surface area contributed by atoms with Crippen LogP contribution in [0.2, 0.25) is 0 Å². The Balaban J connectivity index is 1.59. The van der Waals surface area contributed by atoms with E-state index in [-0.39, 0.29) is 28.5 Å². The zero-order valence-corrected chi connectivity index (χ0v) is 15.5. The third-order valence-corrected chi connectivity index (χ3v) is 4.72. The molecule has 0 fully saturated rings. The molecule has 1 N–H and O–H groups in total. The van der Waals surface area contributed by atoms with Gasteiger partial charge in [0.2, 0.25) is 11.8 Å². The number of nitro benzene ring substituents is 1. The maximum absolute atomic E-state index is 12.0. The van der Waals surface area contributed by atoms with Gasteiger partial charge in [-0.1, -0.05) is 23.9 Å². The molecular formula is C16H11BrN4O4S. The molecule has 0 aliphatic carbocycles. The quantitative estimate of drug-likeness (QED) is 0.352. The van der Waals surface area contributed by atoms with E-state index >= 15 is 0 Å². The number of halogens is 1. The second-order valence-electron chi connectivity index (χ2n) is 4.99. The molecule has 0 radical (unpaired) electrons. The van der Waals surface area contributed by atoms with Crippen LogP contribution in [0.1, 0.15) is 0 Å². The van der Waals surface area contributed by atoms with E-state index in [0.717, 1.165) is 16.2 Å². The van der Waals surface area contributed by atoms with Crippen molar-refractivity contribution in [1.29, 1.82) is 0 Å². The third kappa shape index (κ3) is 4.46. The van der Waals surface area contributed by atoms with Crippen LogP contribution in [0.4, 0.5) is 11.4 Å². The standard InChI is InChI=1S/C16H11BrN4O4S/c17-12-3-1-2-4-13(12)18-14(22)9-26-16-20-19-15(25-16)10-5-7-11(8-6-10)21(23)24/h1-8H,9H2,(H,18,22). The number of nitrogens with one attached hydrogen (secondary N) is 1. The maximum atomic E-state index is 12.0. The molecule has 2 aromatic carbocycles. The first-order valence-corrected chi connectivity index (χ1v) is 9.06. The molecule has 26 heavy (non-hydrogen) atoms. The molecule has 0 bridgehead atoms. The number of non-ortho nitro benzene ring substituents is 1. The lowest BCUT2D eigenvalue weighted by Crippen LogP contribution is -2.14. The third-order valence-electron chi connectivity index (χ3n) is 3.21. The fraction of sp³-hybridized carbons (Fsp3) is 0.0625. The molecule has 1 aromatic heterocycles. The summed E-state index contributed by atoms with van der Waals surface area (Å²) in [4.78, 5) is 22.2. The minimum absolute atomic E-state index is 0.0217. The van der Waals surface area contributed by atoms with Crippen molar-refractivity contribution in [1.82, 2.24) is 10.2 Å². The minimum Gasteiger partial charge on any atom is -0.411 e. The van der Waals surface area contributed by atoms with Crippen LogP contribution in [0.3, 0.4) is 0 Å². The number of hydrogen-bond acceptors (Lipinski definition) is 7. The Labute approximate surface area is 160 Å². The van der Waals surface area contributed by atoms with Crippen LogP contribution >= 0.6 is 27.7 Å². The van der Waals surface area contributed by atoms with Crippen LogP contribution < -0.4 is 5.32 Å². The van der Waals surface area contributed by atoms with Crippen molar-refractivity contribution in [2.24, 2.45) is 0 Å². The number of rotatable bonds is 6. The highest BCUT2D eigenvalue weighted by Gasteiger charge is 2.13. The molecule has 3 aromatic rings. The number of carbonyl (C=O) groups is 1. The molecule has 0 atom stereocenters. The molecule has 1 amide bonds. The van der Waals surface area contributed by atoms with Gasteiger partial charge < -0.3 is 9.73 Å². The van der Waals surface area contributed by atoms with E-state index in [1.807, 2.05) is 18.2 Å². The highest BCUT2D eigenvalue weighted by Crippen LogP contribution is 2.25. The van der Waals surface area contributed by atoms with Crippen LogP contribution in [0.15, 0.2) is 62.6 Å². The zero-order chi connectivity index (χ0) is 18.5. The lowest BCUT2D eigenvalue weighted by Gasteiger charge is -2.05. The van der Waals surface area contributed by atoms with Crippen LogP contribution in [-0.4, -0.2) is 26.8 Å². The molecule has 10 heteroatoms.